The largest absolute Gasteiger partial charge is 0.370 e. The SMILES string of the molecule is COC1(c2nn[nH]n2)CC(C(=O)N2CCCc3cc(C)ccc32)C1. The number of anilines is 1. The molecule has 0 radical (unpaired) electrons. The number of fused-ring (bicyclic) bond motifs is 1. The molecule has 0 atom stereocenters. The van der Waals surface area contributed by atoms with Crippen LogP contribution in [-0.2, 0) is 21.6 Å². The van der Waals surface area contributed by atoms with E-state index in [2.05, 4.69) is 45.7 Å². The number of aromatic amines is 1. The highest BCUT2D eigenvalue weighted by Crippen LogP contribution is 2.48. The van der Waals surface area contributed by atoms with Crippen molar-refractivity contribution in [3.63, 3.8) is 0 Å². The number of methoxy groups -OCH3 is 1. The average molecular weight is 327 g/mol. The molecule has 2 aliphatic rings. The van der Waals surface area contributed by atoms with Gasteiger partial charge >= 0.3 is 0 Å². The molecule has 24 heavy (non-hydrogen) atoms. The summed E-state index contributed by atoms with van der Waals surface area (Å²) in [4.78, 5) is 15.0. The van der Waals surface area contributed by atoms with Crippen molar-refractivity contribution in [3.05, 3.63) is 35.2 Å². The van der Waals surface area contributed by atoms with Crippen molar-refractivity contribution in [1.82, 2.24) is 20.6 Å². The lowest BCUT2D eigenvalue weighted by atomic mass is 9.69. The number of tetrazole rings is 1. The first-order valence-corrected chi connectivity index (χ1v) is 8.33. The quantitative estimate of drug-likeness (QED) is 0.928. The maximum atomic E-state index is 13.0. The van der Waals surface area contributed by atoms with Crippen molar-refractivity contribution in [2.75, 3.05) is 18.6 Å². The summed E-state index contributed by atoms with van der Waals surface area (Å²) < 4.78 is 5.62. The minimum absolute atomic E-state index is 0.0595. The van der Waals surface area contributed by atoms with Crippen LogP contribution >= 0.6 is 0 Å². The normalized spacial score (nSPS) is 25.9. The summed E-state index contributed by atoms with van der Waals surface area (Å²) in [7, 11) is 1.63. The van der Waals surface area contributed by atoms with Crippen LogP contribution in [0.1, 0.15) is 36.2 Å². The van der Waals surface area contributed by atoms with E-state index < -0.39 is 5.60 Å². The number of aromatic nitrogens is 4. The van der Waals surface area contributed by atoms with E-state index in [1.165, 1.54) is 11.1 Å². The number of nitrogens with zero attached hydrogens (tertiary/aromatic N) is 4. The van der Waals surface area contributed by atoms with Crippen LogP contribution in [0.5, 0.6) is 0 Å². The van der Waals surface area contributed by atoms with Gasteiger partial charge in [0.05, 0.1) is 0 Å². The van der Waals surface area contributed by atoms with Crippen LogP contribution in [0.15, 0.2) is 18.2 Å². The molecule has 0 saturated heterocycles. The molecule has 1 aliphatic carbocycles. The number of hydrogen-bond donors (Lipinski definition) is 1. The van der Waals surface area contributed by atoms with Gasteiger partial charge in [-0.3, -0.25) is 4.79 Å². The number of carbonyl (C=O) groups is 1. The fourth-order valence-electron chi connectivity index (χ4n) is 3.88. The molecule has 1 aromatic carbocycles. The van der Waals surface area contributed by atoms with Crippen LogP contribution in [-0.4, -0.2) is 40.2 Å². The second-order valence-corrected chi connectivity index (χ2v) is 6.76. The lowest BCUT2D eigenvalue weighted by Gasteiger charge is -2.45. The number of rotatable bonds is 3. The van der Waals surface area contributed by atoms with E-state index in [0.29, 0.717) is 18.7 Å². The highest BCUT2D eigenvalue weighted by atomic mass is 16.5. The predicted octanol–water partition coefficient (Wildman–Crippen LogP) is 1.74. The van der Waals surface area contributed by atoms with Crippen LogP contribution in [0.4, 0.5) is 5.69 Å². The maximum Gasteiger partial charge on any atom is 0.230 e. The lowest BCUT2D eigenvalue weighted by Crippen LogP contribution is -2.52. The Bertz CT molecular complexity index is 752. The van der Waals surface area contributed by atoms with Gasteiger partial charge in [-0.15, -0.1) is 10.2 Å². The Morgan fingerprint density at radius 3 is 2.96 bits per heavy atom. The monoisotopic (exact) mass is 327 g/mol. The summed E-state index contributed by atoms with van der Waals surface area (Å²) >= 11 is 0. The minimum Gasteiger partial charge on any atom is -0.370 e. The van der Waals surface area contributed by atoms with Gasteiger partial charge in [0.1, 0.15) is 5.60 Å². The Labute approximate surface area is 140 Å². The molecule has 1 N–H and O–H groups in total. The smallest absolute Gasteiger partial charge is 0.230 e. The number of H-pyrrole nitrogens is 1. The van der Waals surface area contributed by atoms with Crippen molar-refractivity contribution < 1.29 is 9.53 Å². The molecule has 2 heterocycles. The van der Waals surface area contributed by atoms with Gasteiger partial charge in [0.15, 0.2) is 0 Å². The Hall–Kier alpha value is -2.28. The summed E-state index contributed by atoms with van der Waals surface area (Å²) in [5.74, 6) is 0.649. The van der Waals surface area contributed by atoms with Crippen molar-refractivity contribution >= 4 is 11.6 Å². The third-order valence-corrected chi connectivity index (χ3v) is 5.26. The van der Waals surface area contributed by atoms with Gasteiger partial charge in [-0.05, 0) is 44.2 Å². The van der Waals surface area contributed by atoms with Crippen LogP contribution in [0, 0.1) is 12.8 Å². The summed E-state index contributed by atoms with van der Waals surface area (Å²) in [6, 6.07) is 6.33. The molecule has 2 aromatic rings. The fourth-order valence-corrected chi connectivity index (χ4v) is 3.88. The van der Waals surface area contributed by atoms with Crippen LogP contribution in [0.2, 0.25) is 0 Å². The fraction of sp³-hybridized carbons (Fsp3) is 0.529. The zero-order valence-electron chi connectivity index (χ0n) is 14.0. The molecule has 126 valence electrons. The molecule has 0 unspecified atom stereocenters. The molecule has 0 spiro atoms. The van der Waals surface area contributed by atoms with Crippen LogP contribution in [0.3, 0.4) is 0 Å². The van der Waals surface area contributed by atoms with Crippen molar-refractivity contribution in [2.24, 2.45) is 5.92 Å². The Balaban J connectivity index is 1.53. The molecule has 1 amide bonds. The third-order valence-electron chi connectivity index (χ3n) is 5.26. The molecular formula is C17H21N5O2. The first-order chi connectivity index (χ1) is 11.6. The van der Waals surface area contributed by atoms with Crippen LogP contribution in [0.25, 0.3) is 0 Å². The van der Waals surface area contributed by atoms with E-state index in [1.54, 1.807) is 7.11 Å². The second-order valence-electron chi connectivity index (χ2n) is 6.76. The molecule has 0 bridgehead atoms. The summed E-state index contributed by atoms with van der Waals surface area (Å²) in [5.41, 5.74) is 2.98. The summed E-state index contributed by atoms with van der Waals surface area (Å²) in [5, 5.41) is 14.1. The zero-order chi connectivity index (χ0) is 16.7. The van der Waals surface area contributed by atoms with E-state index in [0.717, 1.165) is 25.1 Å². The molecule has 1 aromatic heterocycles. The van der Waals surface area contributed by atoms with Crippen LogP contribution < -0.4 is 4.90 Å². The molecular weight excluding hydrogens is 306 g/mol. The lowest BCUT2D eigenvalue weighted by molar-refractivity contribution is -0.149. The predicted molar refractivity (Wildman–Crippen MR) is 87.4 cm³/mol. The number of carbonyl (C=O) groups excluding carboxylic acids is 1. The number of amides is 1. The zero-order valence-corrected chi connectivity index (χ0v) is 14.0. The number of aryl methyl sites for hydroxylation is 2. The molecule has 7 nitrogen and oxygen atoms in total. The number of hydrogen-bond acceptors (Lipinski definition) is 5. The number of nitrogens with one attached hydrogen (secondary N) is 1. The van der Waals surface area contributed by atoms with Crippen molar-refractivity contribution in [2.45, 2.75) is 38.2 Å². The Morgan fingerprint density at radius 1 is 1.42 bits per heavy atom. The second kappa shape index (κ2) is 5.66. The highest BCUT2D eigenvalue weighted by molar-refractivity contribution is 5.97. The molecule has 4 rings (SSSR count). The van der Waals surface area contributed by atoms with Gasteiger partial charge in [-0.1, -0.05) is 22.9 Å². The van der Waals surface area contributed by atoms with Gasteiger partial charge < -0.3 is 9.64 Å². The standard InChI is InChI=1S/C17H21N5O2/c1-11-5-6-14-12(8-11)4-3-7-22(14)15(23)13-9-17(10-13,24-2)16-18-20-21-19-16/h5-6,8,13H,3-4,7,9-10H2,1-2H3,(H,18,19,20,21). The van der Waals surface area contributed by atoms with E-state index in [4.69, 9.17) is 4.74 Å². The van der Waals surface area contributed by atoms with E-state index in [-0.39, 0.29) is 11.8 Å². The molecule has 1 aliphatic heterocycles. The maximum absolute atomic E-state index is 13.0. The molecule has 1 saturated carbocycles. The van der Waals surface area contributed by atoms with Gasteiger partial charge in [0.25, 0.3) is 0 Å². The Kier molecular flexibility index (Phi) is 3.60. The number of benzene rings is 1. The van der Waals surface area contributed by atoms with E-state index in [9.17, 15) is 4.79 Å². The number of ether oxygens (including phenoxy) is 1. The summed E-state index contributed by atoms with van der Waals surface area (Å²) in [6.45, 7) is 2.87. The van der Waals surface area contributed by atoms with Crippen molar-refractivity contribution in [1.29, 1.82) is 0 Å². The average Bonchev–Trinajstić information content (AvgIpc) is 3.08. The summed E-state index contributed by atoms with van der Waals surface area (Å²) in [6.07, 6.45) is 3.24. The molecule has 1 fully saturated rings. The van der Waals surface area contributed by atoms with E-state index >= 15 is 0 Å². The Morgan fingerprint density at radius 2 is 2.25 bits per heavy atom. The first-order valence-electron chi connectivity index (χ1n) is 8.33. The molecule has 7 heteroatoms. The van der Waals surface area contributed by atoms with Gasteiger partial charge in [0, 0.05) is 25.3 Å². The minimum atomic E-state index is -0.584. The van der Waals surface area contributed by atoms with Gasteiger partial charge in [0.2, 0.25) is 11.7 Å². The van der Waals surface area contributed by atoms with Gasteiger partial charge in [-0.25, -0.2) is 0 Å². The third kappa shape index (κ3) is 2.31. The van der Waals surface area contributed by atoms with Crippen molar-refractivity contribution in [3.8, 4) is 0 Å². The van der Waals surface area contributed by atoms with E-state index in [1.807, 2.05) is 4.90 Å². The first kappa shape index (κ1) is 15.3. The van der Waals surface area contributed by atoms with Gasteiger partial charge in [-0.2, -0.15) is 5.21 Å². The topological polar surface area (TPSA) is 84.0 Å². The highest BCUT2D eigenvalue weighted by Gasteiger charge is 2.53.